The van der Waals surface area contributed by atoms with Gasteiger partial charge in [-0.25, -0.2) is 4.79 Å². The van der Waals surface area contributed by atoms with Crippen LogP contribution >= 0.6 is 24.0 Å². The Kier molecular flexibility index (Phi) is 12.2. The van der Waals surface area contributed by atoms with Gasteiger partial charge in [0, 0.05) is 26.2 Å². The van der Waals surface area contributed by atoms with Crippen LogP contribution in [-0.4, -0.2) is 75.1 Å². The van der Waals surface area contributed by atoms with Crippen LogP contribution in [0.25, 0.3) is 0 Å². The molecule has 0 radical (unpaired) electrons. The van der Waals surface area contributed by atoms with Gasteiger partial charge in [0.05, 0.1) is 16.7 Å². The number of aliphatic hydroxyl groups is 1. The number of benzene rings is 2. The number of carboxylic acids is 1. The molecule has 1 spiro atoms. The van der Waals surface area contributed by atoms with E-state index in [4.69, 9.17) is 21.4 Å². The number of piperazine rings is 1. The molecule has 2 saturated heterocycles. The summed E-state index contributed by atoms with van der Waals surface area (Å²) in [5, 5.41) is 23.6. The van der Waals surface area contributed by atoms with Crippen molar-refractivity contribution < 1.29 is 29.3 Å². The average molecular weight is 663 g/mol. The third-order valence-electron chi connectivity index (χ3n) is 9.64. The lowest BCUT2D eigenvalue weighted by molar-refractivity contribution is -0.165. The molecule has 246 valence electrons. The second-order valence-electron chi connectivity index (χ2n) is 12.5. The average Bonchev–Trinajstić information content (AvgIpc) is 3.31. The van der Waals surface area contributed by atoms with Crippen molar-refractivity contribution in [1.29, 1.82) is 0 Å². The van der Waals surface area contributed by atoms with Gasteiger partial charge in [-0.2, -0.15) is 0 Å². The normalized spacial score (nSPS) is 21.5. The molecule has 0 bridgehead atoms. The number of carbonyl (C=O) groups is 3. The van der Waals surface area contributed by atoms with Crippen LogP contribution in [-0.2, 0) is 16.1 Å². The van der Waals surface area contributed by atoms with Crippen LogP contribution in [0.3, 0.4) is 0 Å². The first-order valence-electron chi connectivity index (χ1n) is 16.0. The van der Waals surface area contributed by atoms with Gasteiger partial charge in [0.2, 0.25) is 11.8 Å². The van der Waals surface area contributed by atoms with Crippen molar-refractivity contribution >= 4 is 41.8 Å². The van der Waals surface area contributed by atoms with Crippen molar-refractivity contribution in [3.05, 3.63) is 58.6 Å². The lowest BCUT2D eigenvalue weighted by Gasteiger charge is -2.52. The molecule has 3 N–H and O–H groups in total. The standard InChI is InChI=1S/C34H44ClN3O6.ClH/c1-2-3-18-38-31(40)29(30(39)24-8-6-4-5-7-9-24)36-33(43)34(38)16-19-37(20-17-34)22-23-10-13-26(14-11-23)44-28-15-12-25(32(41)42)21-27(28)35;/h10-15,21,24,29-30,39H,2-9,16-20,22H2,1H3,(H,36,43)(H,41,42);1H/t29-,30-;/m1./s1. The number of nitrogens with zero attached hydrogens (tertiary/aromatic N) is 2. The number of ether oxygens (including phenoxy) is 1. The van der Waals surface area contributed by atoms with E-state index in [9.17, 15) is 19.5 Å². The molecule has 11 heteroatoms. The van der Waals surface area contributed by atoms with Crippen molar-refractivity contribution in [3.63, 3.8) is 0 Å². The molecular formula is C34H45Cl2N3O6. The van der Waals surface area contributed by atoms with Gasteiger partial charge in [-0.15, -0.1) is 12.4 Å². The molecule has 2 amide bonds. The van der Waals surface area contributed by atoms with E-state index in [1.165, 1.54) is 12.1 Å². The molecule has 0 unspecified atom stereocenters. The molecule has 2 aromatic rings. The third-order valence-corrected chi connectivity index (χ3v) is 9.93. The second kappa shape index (κ2) is 15.6. The van der Waals surface area contributed by atoms with Crippen molar-refractivity contribution in [3.8, 4) is 11.5 Å². The number of rotatable bonds is 10. The Hall–Kier alpha value is -2.85. The number of piperidine rings is 1. The number of likely N-dealkylation sites (tertiary alicyclic amines) is 1. The summed E-state index contributed by atoms with van der Waals surface area (Å²) in [5.74, 6) is -0.298. The zero-order valence-electron chi connectivity index (χ0n) is 25.9. The Labute approximate surface area is 276 Å². The van der Waals surface area contributed by atoms with E-state index in [0.29, 0.717) is 50.5 Å². The Morgan fingerprint density at radius 1 is 1.07 bits per heavy atom. The molecule has 45 heavy (non-hydrogen) atoms. The van der Waals surface area contributed by atoms with E-state index in [0.717, 1.165) is 56.9 Å². The van der Waals surface area contributed by atoms with Crippen molar-refractivity contribution in [2.24, 2.45) is 5.92 Å². The van der Waals surface area contributed by atoms with Crippen molar-refractivity contribution in [2.45, 2.75) is 95.4 Å². The number of carboxylic acid groups (broad SMARTS) is 1. The molecule has 5 rings (SSSR count). The number of aromatic carboxylic acids is 1. The highest BCUT2D eigenvalue weighted by Crippen LogP contribution is 2.37. The first-order valence-corrected chi connectivity index (χ1v) is 16.4. The number of hydrogen-bond acceptors (Lipinski definition) is 6. The first kappa shape index (κ1) is 35.0. The van der Waals surface area contributed by atoms with Gasteiger partial charge in [-0.05, 0) is 73.9 Å². The Bertz CT molecular complexity index is 1320. The van der Waals surface area contributed by atoms with Gasteiger partial charge >= 0.3 is 5.97 Å². The second-order valence-corrected chi connectivity index (χ2v) is 12.9. The Morgan fingerprint density at radius 3 is 2.33 bits per heavy atom. The maximum atomic E-state index is 13.9. The fourth-order valence-corrected chi connectivity index (χ4v) is 7.20. The van der Waals surface area contributed by atoms with Crippen LogP contribution in [0.4, 0.5) is 0 Å². The molecule has 1 aliphatic carbocycles. The molecule has 2 heterocycles. The number of aliphatic hydroxyl groups excluding tert-OH is 1. The number of carbonyl (C=O) groups excluding carboxylic acids is 2. The van der Waals surface area contributed by atoms with Gasteiger partial charge in [0.15, 0.2) is 0 Å². The number of nitrogens with one attached hydrogen (secondary N) is 1. The maximum Gasteiger partial charge on any atom is 0.335 e. The highest BCUT2D eigenvalue weighted by Gasteiger charge is 2.55. The van der Waals surface area contributed by atoms with E-state index in [-0.39, 0.29) is 40.7 Å². The zero-order valence-corrected chi connectivity index (χ0v) is 27.5. The van der Waals surface area contributed by atoms with Crippen LogP contribution < -0.4 is 10.1 Å². The summed E-state index contributed by atoms with van der Waals surface area (Å²) in [4.78, 5) is 43.0. The molecule has 1 saturated carbocycles. The van der Waals surface area contributed by atoms with E-state index in [1.807, 2.05) is 29.2 Å². The summed E-state index contributed by atoms with van der Waals surface area (Å²) >= 11 is 6.21. The molecule has 3 aliphatic rings. The number of amides is 2. The van der Waals surface area contributed by atoms with E-state index >= 15 is 0 Å². The zero-order chi connectivity index (χ0) is 31.3. The minimum Gasteiger partial charge on any atom is -0.478 e. The van der Waals surface area contributed by atoms with Crippen LogP contribution in [0.5, 0.6) is 11.5 Å². The lowest BCUT2D eigenvalue weighted by Crippen LogP contribution is -2.75. The first-order chi connectivity index (χ1) is 21.2. The predicted molar refractivity (Wildman–Crippen MR) is 175 cm³/mol. The molecule has 0 aromatic heterocycles. The predicted octanol–water partition coefficient (Wildman–Crippen LogP) is 6.05. The van der Waals surface area contributed by atoms with Gasteiger partial charge < -0.3 is 25.2 Å². The van der Waals surface area contributed by atoms with Crippen molar-refractivity contribution in [1.82, 2.24) is 15.1 Å². The molecule has 3 fully saturated rings. The fourth-order valence-electron chi connectivity index (χ4n) is 6.98. The number of halogens is 2. The molecule has 2 aliphatic heterocycles. The quantitative estimate of drug-likeness (QED) is 0.265. The number of unbranched alkanes of at least 4 members (excludes halogenated alkanes) is 1. The van der Waals surface area contributed by atoms with E-state index in [2.05, 4.69) is 17.1 Å². The van der Waals surface area contributed by atoms with E-state index < -0.39 is 23.7 Å². The summed E-state index contributed by atoms with van der Waals surface area (Å²) < 4.78 is 5.86. The molecular weight excluding hydrogens is 617 g/mol. The highest BCUT2D eigenvalue weighted by molar-refractivity contribution is 6.32. The smallest absolute Gasteiger partial charge is 0.335 e. The van der Waals surface area contributed by atoms with E-state index in [1.54, 1.807) is 6.07 Å². The highest BCUT2D eigenvalue weighted by atomic mass is 35.5. The summed E-state index contributed by atoms with van der Waals surface area (Å²) in [5.41, 5.74) is 0.297. The molecule has 2 aromatic carbocycles. The summed E-state index contributed by atoms with van der Waals surface area (Å²) in [6.45, 7) is 4.65. The van der Waals surface area contributed by atoms with Gasteiger partial charge in [-0.1, -0.05) is 62.8 Å². The molecule has 2 atom stereocenters. The fraction of sp³-hybridized carbons (Fsp3) is 0.559. The summed E-state index contributed by atoms with van der Waals surface area (Å²) in [7, 11) is 0. The SMILES string of the molecule is CCCCN1C(=O)[C@@H]([C@H](O)C2CCCCCC2)NC(=O)C12CCN(Cc1ccc(Oc3ccc(C(=O)O)cc3Cl)cc1)CC2.Cl. The van der Waals surface area contributed by atoms with Crippen LogP contribution in [0.2, 0.25) is 5.02 Å². The Balaban J connectivity index is 0.00000461. The minimum atomic E-state index is -1.05. The topological polar surface area (TPSA) is 119 Å². The maximum absolute atomic E-state index is 13.9. The third kappa shape index (κ3) is 7.94. The largest absolute Gasteiger partial charge is 0.478 e. The molecule has 9 nitrogen and oxygen atoms in total. The van der Waals surface area contributed by atoms with Crippen LogP contribution in [0.1, 0.15) is 87.1 Å². The van der Waals surface area contributed by atoms with Crippen LogP contribution in [0.15, 0.2) is 42.5 Å². The monoisotopic (exact) mass is 661 g/mol. The summed E-state index contributed by atoms with van der Waals surface area (Å²) in [6.07, 6.45) is 8.22. The minimum absolute atomic E-state index is 0. The summed E-state index contributed by atoms with van der Waals surface area (Å²) in [6, 6.07) is 11.1. The van der Waals surface area contributed by atoms with Crippen LogP contribution in [0, 0.1) is 5.92 Å². The number of hydrogen-bond donors (Lipinski definition) is 3. The van der Waals surface area contributed by atoms with Gasteiger partial charge in [0.1, 0.15) is 23.1 Å². The lowest BCUT2D eigenvalue weighted by atomic mass is 9.79. The van der Waals surface area contributed by atoms with Gasteiger partial charge in [-0.3, -0.25) is 14.5 Å². The van der Waals surface area contributed by atoms with Crippen molar-refractivity contribution in [2.75, 3.05) is 19.6 Å². The Morgan fingerprint density at radius 2 is 1.73 bits per heavy atom. The van der Waals surface area contributed by atoms with Gasteiger partial charge in [0.25, 0.3) is 0 Å².